The molecule has 0 bridgehead atoms. The molecule has 0 radical (unpaired) electrons. The number of hydrogen-bond acceptors (Lipinski definition) is 1. The molecule has 5 heteroatoms. The number of rotatable bonds is 3. The molecule has 1 fully saturated rings. The van der Waals surface area contributed by atoms with Crippen molar-refractivity contribution in [3.63, 3.8) is 0 Å². The summed E-state index contributed by atoms with van der Waals surface area (Å²) in [5, 5.41) is 6.31. The van der Waals surface area contributed by atoms with Crippen molar-refractivity contribution >= 4 is 5.96 Å². The maximum absolute atomic E-state index is 13.5. The van der Waals surface area contributed by atoms with Gasteiger partial charge in [0.15, 0.2) is 5.96 Å². The minimum atomic E-state index is -0.433. The number of benzene rings is 1. The molecule has 1 aliphatic rings. The summed E-state index contributed by atoms with van der Waals surface area (Å²) in [7, 11) is 1.67. The van der Waals surface area contributed by atoms with Crippen molar-refractivity contribution in [3.05, 3.63) is 35.4 Å². The molecule has 0 aromatic heterocycles. The Hall–Kier alpha value is -1.65. The summed E-state index contributed by atoms with van der Waals surface area (Å²) in [6.45, 7) is 0.218. The Bertz CT molecular complexity index is 454. The van der Waals surface area contributed by atoms with Gasteiger partial charge >= 0.3 is 0 Å². The van der Waals surface area contributed by atoms with Crippen LogP contribution in [0.5, 0.6) is 0 Å². The number of halogens is 2. The fraction of sp³-hybridized carbons (Fsp3) is 0.500. The van der Waals surface area contributed by atoms with Gasteiger partial charge in [-0.15, -0.1) is 0 Å². The number of nitrogens with zero attached hydrogens (tertiary/aromatic N) is 1. The molecular formula is C14H19F2N3. The third-order valence-corrected chi connectivity index (χ3v) is 3.37. The van der Waals surface area contributed by atoms with Crippen molar-refractivity contribution < 1.29 is 8.78 Å². The van der Waals surface area contributed by atoms with Gasteiger partial charge in [-0.25, -0.2) is 8.78 Å². The van der Waals surface area contributed by atoms with Crippen LogP contribution < -0.4 is 10.6 Å². The van der Waals surface area contributed by atoms with Crippen molar-refractivity contribution in [1.82, 2.24) is 10.6 Å². The molecule has 1 aliphatic carbocycles. The van der Waals surface area contributed by atoms with Crippen LogP contribution in [0, 0.1) is 11.6 Å². The minimum Gasteiger partial charge on any atom is -0.354 e. The van der Waals surface area contributed by atoms with E-state index in [4.69, 9.17) is 0 Å². The molecule has 2 rings (SSSR count). The topological polar surface area (TPSA) is 36.4 Å². The van der Waals surface area contributed by atoms with Crippen molar-refractivity contribution in [1.29, 1.82) is 0 Å². The summed E-state index contributed by atoms with van der Waals surface area (Å²) >= 11 is 0. The first-order valence-corrected chi connectivity index (χ1v) is 6.60. The van der Waals surface area contributed by atoms with E-state index < -0.39 is 11.6 Å². The fourth-order valence-corrected chi connectivity index (χ4v) is 2.32. The van der Waals surface area contributed by atoms with Crippen LogP contribution in [-0.2, 0) is 6.54 Å². The predicted molar refractivity (Wildman–Crippen MR) is 71.9 cm³/mol. The van der Waals surface area contributed by atoms with Crippen LogP contribution in [0.4, 0.5) is 8.78 Å². The molecule has 0 heterocycles. The highest BCUT2D eigenvalue weighted by Crippen LogP contribution is 2.17. The van der Waals surface area contributed by atoms with E-state index in [1.165, 1.54) is 18.9 Å². The average Bonchev–Trinajstić information content (AvgIpc) is 2.91. The first-order valence-electron chi connectivity index (χ1n) is 6.60. The molecule has 1 saturated carbocycles. The second-order valence-electron chi connectivity index (χ2n) is 4.79. The number of nitrogens with one attached hydrogen (secondary N) is 2. The van der Waals surface area contributed by atoms with Crippen LogP contribution >= 0.6 is 0 Å². The Kier molecular flexibility index (Phi) is 4.71. The Morgan fingerprint density at radius 3 is 2.74 bits per heavy atom. The summed E-state index contributed by atoms with van der Waals surface area (Å²) in [4.78, 5) is 4.10. The van der Waals surface area contributed by atoms with Gasteiger partial charge in [-0.1, -0.05) is 12.8 Å². The average molecular weight is 267 g/mol. The van der Waals surface area contributed by atoms with Crippen LogP contribution in [0.2, 0.25) is 0 Å². The molecular weight excluding hydrogens is 248 g/mol. The van der Waals surface area contributed by atoms with Gasteiger partial charge in [-0.2, -0.15) is 0 Å². The molecule has 0 amide bonds. The van der Waals surface area contributed by atoms with Gasteiger partial charge in [-0.05, 0) is 31.0 Å². The van der Waals surface area contributed by atoms with Gasteiger partial charge in [0.25, 0.3) is 0 Å². The second-order valence-corrected chi connectivity index (χ2v) is 4.79. The quantitative estimate of drug-likeness (QED) is 0.652. The lowest BCUT2D eigenvalue weighted by molar-refractivity contribution is 0.577. The van der Waals surface area contributed by atoms with Crippen LogP contribution in [0.25, 0.3) is 0 Å². The van der Waals surface area contributed by atoms with E-state index >= 15 is 0 Å². The molecule has 0 saturated heterocycles. The Balaban J connectivity index is 1.90. The zero-order valence-corrected chi connectivity index (χ0v) is 11.0. The molecule has 19 heavy (non-hydrogen) atoms. The lowest BCUT2D eigenvalue weighted by Gasteiger charge is -2.17. The highest BCUT2D eigenvalue weighted by molar-refractivity contribution is 5.79. The molecule has 1 aromatic carbocycles. The number of aliphatic imine (C=N–C) groups is 1. The van der Waals surface area contributed by atoms with Crippen LogP contribution in [-0.4, -0.2) is 19.0 Å². The standard InChI is InChI=1S/C14H19F2N3/c1-17-14(19-12-4-2-3-5-12)18-9-10-8-11(15)6-7-13(10)16/h6-8,12H,2-5,9H2,1H3,(H2,17,18,19). The van der Waals surface area contributed by atoms with Gasteiger partial charge in [-0.3, -0.25) is 4.99 Å². The summed E-state index contributed by atoms with van der Waals surface area (Å²) in [6.07, 6.45) is 4.73. The molecule has 0 atom stereocenters. The number of hydrogen-bond donors (Lipinski definition) is 2. The summed E-state index contributed by atoms with van der Waals surface area (Å²) in [6, 6.07) is 3.89. The number of guanidine groups is 1. The Morgan fingerprint density at radius 2 is 2.05 bits per heavy atom. The highest BCUT2D eigenvalue weighted by atomic mass is 19.1. The lowest BCUT2D eigenvalue weighted by atomic mass is 10.2. The van der Waals surface area contributed by atoms with E-state index in [-0.39, 0.29) is 6.54 Å². The van der Waals surface area contributed by atoms with Crippen molar-refractivity contribution in [2.75, 3.05) is 7.05 Å². The molecule has 104 valence electrons. The third-order valence-electron chi connectivity index (χ3n) is 3.37. The summed E-state index contributed by atoms with van der Waals surface area (Å²) in [5.74, 6) is -0.210. The van der Waals surface area contributed by atoms with E-state index in [2.05, 4.69) is 15.6 Å². The normalized spacial score (nSPS) is 16.7. The van der Waals surface area contributed by atoms with Crippen molar-refractivity contribution in [2.24, 2.45) is 4.99 Å². The second kappa shape index (κ2) is 6.50. The minimum absolute atomic E-state index is 0.218. The SMILES string of the molecule is CN=C(NCc1cc(F)ccc1F)NC1CCCC1. The third kappa shape index (κ3) is 3.91. The van der Waals surface area contributed by atoms with Crippen LogP contribution in [0.1, 0.15) is 31.2 Å². The molecule has 1 aromatic rings. The van der Waals surface area contributed by atoms with E-state index in [0.29, 0.717) is 17.6 Å². The van der Waals surface area contributed by atoms with Gasteiger partial charge < -0.3 is 10.6 Å². The Labute approximate surface area is 112 Å². The maximum atomic E-state index is 13.5. The van der Waals surface area contributed by atoms with Crippen molar-refractivity contribution in [2.45, 2.75) is 38.3 Å². The lowest BCUT2D eigenvalue weighted by Crippen LogP contribution is -2.42. The highest BCUT2D eigenvalue weighted by Gasteiger charge is 2.16. The van der Waals surface area contributed by atoms with Crippen molar-refractivity contribution in [3.8, 4) is 0 Å². The summed E-state index contributed by atoms with van der Waals surface area (Å²) < 4.78 is 26.5. The van der Waals surface area contributed by atoms with Gasteiger partial charge in [0.1, 0.15) is 11.6 Å². The van der Waals surface area contributed by atoms with Crippen LogP contribution in [0.15, 0.2) is 23.2 Å². The molecule has 2 N–H and O–H groups in total. The van der Waals surface area contributed by atoms with E-state index in [1.54, 1.807) is 7.05 Å². The zero-order chi connectivity index (χ0) is 13.7. The monoisotopic (exact) mass is 267 g/mol. The van der Waals surface area contributed by atoms with Gasteiger partial charge in [0, 0.05) is 25.2 Å². The molecule has 3 nitrogen and oxygen atoms in total. The Morgan fingerprint density at radius 1 is 1.32 bits per heavy atom. The molecule has 0 unspecified atom stereocenters. The van der Waals surface area contributed by atoms with Gasteiger partial charge in [0.2, 0.25) is 0 Å². The van der Waals surface area contributed by atoms with E-state index in [9.17, 15) is 8.78 Å². The first kappa shape index (κ1) is 13.8. The molecule has 0 spiro atoms. The summed E-state index contributed by atoms with van der Waals surface area (Å²) in [5.41, 5.74) is 0.300. The smallest absolute Gasteiger partial charge is 0.191 e. The van der Waals surface area contributed by atoms with E-state index in [1.807, 2.05) is 0 Å². The van der Waals surface area contributed by atoms with Gasteiger partial charge in [0.05, 0.1) is 0 Å². The predicted octanol–water partition coefficient (Wildman–Crippen LogP) is 2.57. The zero-order valence-electron chi connectivity index (χ0n) is 11.0. The largest absolute Gasteiger partial charge is 0.354 e. The van der Waals surface area contributed by atoms with Crippen LogP contribution in [0.3, 0.4) is 0 Å². The fourth-order valence-electron chi connectivity index (χ4n) is 2.32. The maximum Gasteiger partial charge on any atom is 0.191 e. The molecule has 0 aliphatic heterocycles. The van der Waals surface area contributed by atoms with E-state index in [0.717, 1.165) is 25.0 Å². The first-order chi connectivity index (χ1) is 9.19.